The molecule has 3 aromatic carbocycles. The number of hydrogen-bond acceptors (Lipinski definition) is 5. The molecule has 2 amide bonds. The van der Waals surface area contributed by atoms with Crippen molar-refractivity contribution in [3.05, 3.63) is 95.6 Å². The van der Waals surface area contributed by atoms with Gasteiger partial charge in [-0.3, -0.25) is 13.9 Å². The van der Waals surface area contributed by atoms with Crippen molar-refractivity contribution >= 4 is 27.5 Å². The zero-order valence-corrected chi connectivity index (χ0v) is 24.6. The van der Waals surface area contributed by atoms with Crippen molar-refractivity contribution in [3.63, 3.8) is 0 Å². The molecule has 0 spiro atoms. The van der Waals surface area contributed by atoms with E-state index >= 15 is 0 Å². The van der Waals surface area contributed by atoms with Crippen LogP contribution in [0.1, 0.15) is 43.9 Å². The molecule has 1 N–H and O–H groups in total. The number of nitrogens with zero attached hydrogens (tertiary/aromatic N) is 2. The standard InChI is InChI=1S/C31H39N3O5S/c1-6-24(3)32-31(36)25(4)33(20-27-14-10-11-23(2)19-27)30(35)21-34(40(5,37)38)28-15-17-29(18-16-28)39-22-26-12-8-7-9-13-26/h7-19,24-25H,6,20-22H2,1-5H3,(H,32,36)/t24-,25-/m1/s1. The first kappa shape index (κ1) is 30.7. The van der Waals surface area contributed by atoms with Crippen molar-refractivity contribution in [2.45, 2.75) is 59.4 Å². The van der Waals surface area contributed by atoms with E-state index in [9.17, 15) is 18.0 Å². The summed E-state index contributed by atoms with van der Waals surface area (Å²) in [5.41, 5.74) is 3.21. The predicted octanol–water partition coefficient (Wildman–Crippen LogP) is 4.67. The zero-order valence-electron chi connectivity index (χ0n) is 23.8. The van der Waals surface area contributed by atoms with Crippen LogP contribution in [0, 0.1) is 6.92 Å². The first-order chi connectivity index (χ1) is 19.0. The van der Waals surface area contributed by atoms with Crippen LogP contribution in [0.2, 0.25) is 0 Å². The van der Waals surface area contributed by atoms with Gasteiger partial charge in [0.25, 0.3) is 0 Å². The molecule has 0 aliphatic carbocycles. The van der Waals surface area contributed by atoms with E-state index in [0.717, 1.165) is 33.7 Å². The molecule has 0 bridgehead atoms. The first-order valence-electron chi connectivity index (χ1n) is 13.4. The zero-order chi connectivity index (χ0) is 29.3. The molecule has 0 aliphatic rings. The molecule has 0 heterocycles. The summed E-state index contributed by atoms with van der Waals surface area (Å²) in [6, 6.07) is 23.1. The summed E-state index contributed by atoms with van der Waals surface area (Å²) in [6.07, 6.45) is 1.81. The average Bonchev–Trinajstić information content (AvgIpc) is 2.93. The van der Waals surface area contributed by atoms with E-state index in [2.05, 4.69) is 5.32 Å². The maximum Gasteiger partial charge on any atom is 0.244 e. The number of anilines is 1. The molecule has 214 valence electrons. The number of rotatable bonds is 13. The van der Waals surface area contributed by atoms with E-state index in [1.54, 1.807) is 31.2 Å². The van der Waals surface area contributed by atoms with E-state index in [-0.39, 0.29) is 18.5 Å². The fourth-order valence-electron chi connectivity index (χ4n) is 4.12. The minimum Gasteiger partial charge on any atom is -0.489 e. The molecule has 0 saturated heterocycles. The highest BCUT2D eigenvalue weighted by molar-refractivity contribution is 7.92. The highest BCUT2D eigenvalue weighted by Gasteiger charge is 2.30. The van der Waals surface area contributed by atoms with Crippen LogP contribution < -0.4 is 14.4 Å². The van der Waals surface area contributed by atoms with Crippen molar-refractivity contribution in [3.8, 4) is 5.75 Å². The van der Waals surface area contributed by atoms with Crippen LogP contribution in [0.5, 0.6) is 5.75 Å². The Kier molecular flexibility index (Phi) is 10.7. The molecule has 0 aliphatic heterocycles. The normalized spacial score (nSPS) is 12.7. The van der Waals surface area contributed by atoms with Crippen LogP contribution >= 0.6 is 0 Å². The van der Waals surface area contributed by atoms with Gasteiger partial charge in [0, 0.05) is 12.6 Å². The van der Waals surface area contributed by atoms with Crippen molar-refractivity contribution in [2.24, 2.45) is 0 Å². The summed E-state index contributed by atoms with van der Waals surface area (Å²) in [7, 11) is -3.82. The Morgan fingerprint density at radius 2 is 1.57 bits per heavy atom. The van der Waals surface area contributed by atoms with E-state index in [0.29, 0.717) is 18.0 Å². The topological polar surface area (TPSA) is 96.0 Å². The summed E-state index contributed by atoms with van der Waals surface area (Å²) in [6.45, 7) is 7.57. The molecule has 0 saturated carbocycles. The minimum atomic E-state index is -3.82. The summed E-state index contributed by atoms with van der Waals surface area (Å²) in [5.74, 6) is -0.201. The van der Waals surface area contributed by atoms with Crippen LogP contribution in [0.15, 0.2) is 78.9 Å². The molecule has 0 unspecified atom stereocenters. The molecular weight excluding hydrogens is 526 g/mol. The Labute approximate surface area is 238 Å². The second-order valence-corrected chi connectivity index (χ2v) is 11.9. The van der Waals surface area contributed by atoms with E-state index < -0.39 is 28.5 Å². The van der Waals surface area contributed by atoms with Gasteiger partial charge in [0.2, 0.25) is 21.8 Å². The Morgan fingerprint density at radius 1 is 0.925 bits per heavy atom. The molecular formula is C31H39N3O5S. The van der Waals surface area contributed by atoms with Crippen molar-refractivity contribution in [1.29, 1.82) is 0 Å². The highest BCUT2D eigenvalue weighted by Crippen LogP contribution is 2.23. The number of benzene rings is 3. The predicted molar refractivity (Wildman–Crippen MR) is 158 cm³/mol. The summed E-state index contributed by atoms with van der Waals surface area (Å²) < 4.78 is 32.5. The summed E-state index contributed by atoms with van der Waals surface area (Å²) in [4.78, 5) is 28.2. The monoisotopic (exact) mass is 565 g/mol. The molecule has 9 heteroatoms. The minimum absolute atomic E-state index is 0.0546. The molecule has 0 aromatic heterocycles. The van der Waals surface area contributed by atoms with E-state index in [1.807, 2.05) is 75.4 Å². The Morgan fingerprint density at radius 3 is 2.17 bits per heavy atom. The average molecular weight is 566 g/mol. The maximum atomic E-state index is 13.7. The molecule has 3 aromatic rings. The fourth-order valence-corrected chi connectivity index (χ4v) is 4.97. The van der Waals surface area contributed by atoms with Gasteiger partial charge in [-0.25, -0.2) is 8.42 Å². The Balaban J connectivity index is 1.82. The molecule has 2 atom stereocenters. The van der Waals surface area contributed by atoms with Crippen LogP contribution in [-0.2, 0) is 32.8 Å². The molecule has 0 radical (unpaired) electrons. The molecule has 8 nitrogen and oxygen atoms in total. The lowest BCUT2D eigenvalue weighted by Gasteiger charge is -2.32. The van der Waals surface area contributed by atoms with Gasteiger partial charge in [-0.15, -0.1) is 0 Å². The third kappa shape index (κ3) is 8.84. The van der Waals surface area contributed by atoms with Gasteiger partial charge in [0.1, 0.15) is 24.9 Å². The number of sulfonamides is 1. The highest BCUT2D eigenvalue weighted by atomic mass is 32.2. The molecule has 40 heavy (non-hydrogen) atoms. The molecule has 0 fully saturated rings. The smallest absolute Gasteiger partial charge is 0.244 e. The van der Waals surface area contributed by atoms with E-state index in [4.69, 9.17) is 4.74 Å². The Bertz CT molecular complexity index is 1380. The van der Waals surface area contributed by atoms with Gasteiger partial charge in [-0.2, -0.15) is 0 Å². The first-order valence-corrected chi connectivity index (χ1v) is 15.2. The quantitative estimate of drug-likeness (QED) is 0.325. The number of ether oxygens (including phenoxy) is 1. The number of carbonyl (C=O) groups excluding carboxylic acids is 2. The van der Waals surface area contributed by atoms with Gasteiger partial charge in [-0.1, -0.05) is 67.1 Å². The molecule has 3 rings (SSSR count). The number of hydrogen-bond donors (Lipinski definition) is 1. The number of aryl methyl sites for hydroxylation is 1. The van der Waals surface area contributed by atoms with Gasteiger partial charge in [-0.05, 0) is 62.6 Å². The van der Waals surface area contributed by atoms with Crippen LogP contribution in [0.4, 0.5) is 5.69 Å². The number of amides is 2. The van der Waals surface area contributed by atoms with E-state index in [1.165, 1.54) is 4.90 Å². The van der Waals surface area contributed by atoms with Crippen molar-refractivity contribution in [1.82, 2.24) is 10.2 Å². The maximum absolute atomic E-state index is 13.7. The van der Waals surface area contributed by atoms with Gasteiger partial charge in [0.15, 0.2) is 0 Å². The van der Waals surface area contributed by atoms with Gasteiger partial charge < -0.3 is 15.0 Å². The lowest BCUT2D eigenvalue weighted by atomic mass is 10.1. The van der Waals surface area contributed by atoms with Gasteiger partial charge >= 0.3 is 0 Å². The summed E-state index contributed by atoms with van der Waals surface area (Å²) >= 11 is 0. The third-order valence-corrected chi connectivity index (χ3v) is 7.80. The second-order valence-electron chi connectivity index (χ2n) is 10.0. The second kappa shape index (κ2) is 14.0. The van der Waals surface area contributed by atoms with Crippen LogP contribution in [0.25, 0.3) is 0 Å². The van der Waals surface area contributed by atoms with Crippen LogP contribution in [-0.4, -0.2) is 50.0 Å². The lowest BCUT2D eigenvalue weighted by molar-refractivity contribution is -0.139. The van der Waals surface area contributed by atoms with Crippen molar-refractivity contribution < 1.29 is 22.7 Å². The summed E-state index contributed by atoms with van der Waals surface area (Å²) in [5, 5.41) is 2.93. The van der Waals surface area contributed by atoms with Crippen molar-refractivity contribution in [2.75, 3.05) is 17.1 Å². The fraction of sp³-hybridized carbons (Fsp3) is 0.355. The Hall–Kier alpha value is -3.85. The largest absolute Gasteiger partial charge is 0.489 e. The SMILES string of the molecule is CC[C@@H](C)NC(=O)[C@@H](C)N(Cc1cccc(C)c1)C(=O)CN(c1ccc(OCc2ccccc2)cc1)S(C)(=O)=O. The number of carbonyl (C=O) groups is 2. The van der Waals surface area contributed by atoms with Crippen LogP contribution in [0.3, 0.4) is 0 Å². The number of nitrogens with one attached hydrogen (secondary N) is 1. The third-order valence-electron chi connectivity index (χ3n) is 6.66. The van der Waals surface area contributed by atoms with Gasteiger partial charge in [0.05, 0.1) is 11.9 Å². The lowest BCUT2D eigenvalue weighted by Crippen LogP contribution is -2.52.